The van der Waals surface area contributed by atoms with Crippen molar-refractivity contribution in [1.29, 1.82) is 0 Å². The number of hydrogen-bond acceptors (Lipinski definition) is 6. The summed E-state index contributed by atoms with van der Waals surface area (Å²) in [6, 6.07) is 0. The van der Waals surface area contributed by atoms with Gasteiger partial charge in [0.15, 0.2) is 5.05 Å². The number of nitrogen functional groups attached to an aromatic ring is 1. The lowest BCUT2D eigenvalue weighted by Gasteiger charge is -2.03. The number of aryl methyl sites for hydroxylation is 1. The second kappa shape index (κ2) is 4.05. The van der Waals surface area contributed by atoms with Gasteiger partial charge in [0.05, 0.1) is 17.6 Å². The molecule has 0 spiro atoms. The molecule has 0 unspecified atom stereocenters. The summed E-state index contributed by atoms with van der Waals surface area (Å²) in [5, 5.41) is 0.962. The van der Waals surface area contributed by atoms with Gasteiger partial charge < -0.3 is 14.9 Å². The predicted molar refractivity (Wildman–Crippen MR) is 64.3 cm³/mol. The molecule has 0 atom stereocenters. The van der Waals surface area contributed by atoms with Crippen LogP contribution in [0.5, 0.6) is 0 Å². The highest BCUT2D eigenvalue weighted by Gasteiger charge is 2.16. The summed E-state index contributed by atoms with van der Waals surface area (Å²) < 4.78 is 10.5. The lowest BCUT2D eigenvalue weighted by atomic mass is 10.2. The Morgan fingerprint density at radius 2 is 2.31 bits per heavy atom. The molecule has 5 nitrogen and oxygen atoms in total. The zero-order chi connectivity index (χ0) is 11.7. The quantitative estimate of drug-likeness (QED) is 0.803. The number of hydrogen-bond donors (Lipinski definition) is 1. The van der Waals surface area contributed by atoms with Crippen LogP contribution in [0.3, 0.4) is 0 Å². The number of fused-ring (bicyclic) bond motifs is 1. The first kappa shape index (κ1) is 10.8. The Labute approximate surface area is 97.6 Å². The number of furan rings is 1. The predicted octanol–water partition coefficient (Wildman–Crippen LogP) is 1.83. The molecule has 2 heterocycles. The van der Waals surface area contributed by atoms with Gasteiger partial charge in [0.1, 0.15) is 17.9 Å². The molecular formula is C10H11N3O2S. The molecule has 2 rings (SSSR count). The third-order valence-electron chi connectivity index (χ3n) is 2.07. The van der Waals surface area contributed by atoms with E-state index >= 15 is 0 Å². The second-order valence-corrected chi connectivity index (χ2v) is 3.58. The molecule has 0 aliphatic rings. The van der Waals surface area contributed by atoms with E-state index in [0.717, 1.165) is 0 Å². The summed E-state index contributed by atoms with van der Waals surface area (Å²) in [5.41, 5.74) is 6.87. The zero-order valence-electron chi connectivity index (χ0n) is 8.98. The SMILES string of the molecule is CCOC(=S)c1coc2nc(C)nc(N)c12. The van der Waals surface area contributed by atoms with E-state index in [0.29, 0.717) is 40.0 Å². The largest absolute Gasteiger partial charge is 0.483 e. The molecule has 0 aliphatic carbocycles. The van der Waals surface area contributed by atoms with Gasteiger partial charge in [-0.3, -0.25) is 0 Å². The maximum atomic E-state index is 5.81. The van der Waals surface area contributed by atoms with Crippen LogP contribution in [-0.2, 0) is 4.74 Å². The molecule has 0 saturated carbocycles. The summed E-state index contributed by atoms with van der Waals surface area (Å²) in [4.78, 5) is 8.20. The van der Waals surface area contributed by atoms with Gasteiger partial charge in [-0.25, -0.2) is 4.98 Å². The Morgan fingerprint density at radius 1 is 1.56 bits per heavy atom. The molecule has 16 heavy (non-hydrogen) atoms. The van der Waals surface area contributed by atoms with Crippen molar-refractivity contribution >= 4 is 34.2 Å². The van der Waals surface area contributed by atoms with Crippen molar-refractivity contribution in [2.24, 2.45) is 0 Å². The van der Waals surface area contributed by atoms with Crippen LogP contribution in [0.2, 0.25) is 0 Å². The maximum Gasteiger partial charge on any atom is 0.232 e. The molecule has 2 aromatic heterocycles. The zero-order valence-corrected chi connectivity index (χ0v) is 9.80. The van der Waals surface area contributed by atoms with Gasteiger partial charge >= 0.3 is 0 Å². The smallest absolute Gasteiger partial charge is 0.232 e. The minimum absolute atomic E-state index is 0.348. The minimum Gasteiger partial charge on any atom is -0.483 e. The average molecular weight is 237 g/mol. The summed E-state index contributed by atoms with van der Waals surface area (Å²) in [6.45, 7) is 4.11. The number of rotatable bonds is 2. The third-order valence-corrected chi connectivity index (χ3v) is 2.41. The van der Waals surface area contributed by atoms with Gasteiger partial charge in [0, 0.05) is 0 Å². The van der Waals surface area contributed by atoms with Crippen molar-refractivity contribution < 1.29 is 9.15 Å². The highest BCUT2D eigenvalue weighted by molar-refractivity contribution is 7.80. The van der Waals surface area contributed by atoms with E-state index in [4.69, 9.17) is 27.1 Å². The van der Waals surface area contributed by atoms with E-state index in [9.17, 15) is 0 Å². The molecule has 6 heteroatoms. The summed E-state index contributed by atoms with van der Waals surface area (Å²) in [7, 11) is 0. The first-order valence-electron chi connectivity index (χ1n) is 4.82. The Balaban J connectivity index is 2.60. The number of nitrogens with zero attached hydrogens (tertiary/aromatic N) is 2. The molecule has 84 valence electrons. The highest BCUT2D eigenvalue weighted by Crippen LogP contribution is 2.25. The number of thiocarbonyl (C=S) groups is 1. The van der Waals surface area contributed by atoms with E-state index < -0.39 is 0 Å². The molecule has 0 amide bonds. The van der Waals surface area contributed by atoms with Crippen LogP contribution in [-0.4, -0.2) is 21.6 Å². The average Bonchev–Trinajstić information content (AvgIpc) is 2.61. The molecule has 0 fully saturated rings. The normalized spacial score (nSPS) is 10.6. The molecule has 0 bridgehead atoms. The fourth-order valence-electron chi connectivity index (χ4n) is 1.44. The first-order chi connectivity index (χ1) is 7.63. The number of ether oxygens (including phenoxy) is 1. The van der Waals surface area contributed by atoms with Gasteiger partial charge in [0.2, 0.25) is 5.71 Å². The Bertz CT molecular complexity index is 550. The molecule has 0 radical (unpaired) electrons. The molecule has 0 aliphatic heterocycles. The standard InChI is InChI=1S/C10H11N3O2S/c1-3-14-10(16)6-4-15-9-7(6)8(11)12-5(2)13-9/h4H,3H2,1-2H3,(H2,11,12,13). The van der Waals surface area contributed by atoms with Crippen LogP contribution >= 0.6 is 12.2 Å². The fourth-order valence-corrected chi connectivity index (χ4v) is 1.71. The van der Waals surface area contributed by atoms with E-state index in [1.807, 2.05) is 6.92 Å². The van der Waals surface area contributed by atoms with Gasteiger partial charge in [-0.15, -0.1) is 0 Å². The minimum atomic E-state index is 0.348. The van der Waals surface area contributed by atoms with Crippen LogP contribution in [0.4, 0.5) is 5.82 Å². The molecule has 0 aromatic carbocycles. The van der Waals surface area contributed by atoms with E-state index in [2.05, 4.69) is 9.97 Å². The van der Waals surface area contributed by atoms with Crippen molar-refractivity contribution in [3.63, 3.8) is 0 Å². The van der Waals surface area contributed by atoms with Crippen LogP contribution in [0.25, 0.3) is 11.1 Å². The Morgan fingerprint density at radius 3 is 3.00 bits per heavy atom. The van der Waals surface area contributed by atoms with Crippen LogP contribution in [0.15, 0.2) is 10.7 Å². The molecular weight excluding hydrogens is 226 g/mol. The van der Waals surface area contributed by atoms with Gasteiger partial charge in [0.25, 0.3) is 0 Å². The van der Waals surface area contributed by atoms with Crippen molar-refractivity contribution in [2.75, 3.05) is 12.3 Å². The highest BCUT2D eigenvalue weighted by atomic mass is 32.1. The summed E-state index contributed by atoms with van der Waals surface area (Å²) in [5.74, 6) is 0.918. The number of anilines is 1. The summed E-state index contributed by atoms with van der Waals surface area (Å²) in [6.07, 6.45) is 1.49. The summed E-state index contributed by atoms with van der Waals surface area (Å²) >= 11 is 5.10. The lowest BCUT2D eigenvalue weighted by molar-refractivity contribution is 0.337. The van der Waals surface area contributed by atoms with Crippen molar-refractivity contribution in [3.8, 4) is 0 Å². The maximum absolute atomic E-state index is 5.81. The monoisotopic (exact) mass is 237 g/mol. The van der Waals surface area contributed by atoms with Gasteiger partial charge in [-0.1, -0.05) is 0 Å². The van der Waals surface area contributed by atoms with Crippen molar-refractivity contribution in [2.45, 2.75) is 13.8 Å². The van der Waals surface area contributed by atoms with E-state index in [1.165, 1.54) is 6.26 Å². The molecule has 2 N–H and O–H groups in total. The van der Waals surface area contributed by atoms with Crippen LogP contribution in [0, 0.1) is 6.92 Å². The van der Waals surface area contributed by atoms with Crippen molar-refractivity contribution in [1.82, 2.24) is 9.97 Å². The molecule has 2 aromatic rings. The fraction of sp³-hybridized carbons (Fsp3) is 0.300. The Kier molecular flexibility index (Phi) is 2.74. The van der Waals surface area contributed by atoms with Crippen molar-refractivity contribution in [3.05, 3.63) is 17.7 Å². The topological polar surface area (TPSA) is 74.2 Å². The van der Waals surface area contributed by atoms with E-state index in [1.54, 1.807) is 6.92 Å². The number of nitrogens with two attached hydrogens (primary N) is 1. The second-order valence-electron chi connectivity index (χ2n) is 3.21. The van der Waals surface area contributed by atoms with Gasteiger partial charge in [-0.05, 0) is 26.1 Å². The van der Waals surface area contributed by atoms with Crippen LogP contribution < -0.4 is 5.73 Å². The van der Waals surface area contributed by atoms with Crippen LogP contribution in [0.1, 0.15) is 18.3 Å². The Hall–Kier alpha value is -1.69. The van der Waals surface area contributed by atoms with Gasteiger partial charge in [-0.2, -0.15) is 4.98 Å². The van der Waals surface area contributed by atoms with E-state index in [-0.39, 0.29) is 0 Å². The molecule has 0 saturated heterocycles. The number of aromatic nitrogens is 2. The lowest BCUT2D eigenvalue weighted by Crippen LogP contribution is -2.04. The first-order valence-corrected chi connectivity index (χ1v) is 5.22. The third kappa shape index (κ3) is 1.71.